The van der Waals surface area contributed by atoms with Crippen molar-refractivity contribution in [1.29, 1.82) is 0 Å². The fourth-order valence-corrected chi connectivity index (χ4v) is 4.46. The Morgan fingerprint density at radius 2 is 2.07 bits per heavy atom. The van der Waals surface area contributed by atoms with Crippen LogP contribution in [0.1, 0.15) is 28.9 Å². The van der Waals surface area contributed by atoms with Crippen molar-refractivity contribution < 1.29 is 9.18 Å². The van der Waals surface area contributed by atoms with Crippen LogP contribution >= 0.6 is 11.3 Å². The molecule has 1 aliphatic heterocycles. The second-order valence-electron chi connectivity index (χ2n) is 7.00. The van der Waals surface area contributed by atoms with Gasteiger partial charge in [-0.15, -0.1) is 11.3 Å². The number of anilines is 1. The normalized spacial score (nSPS) is 15.6. The van der Waals surface area contributed by atoms with Gasteiger partial charge in [0.25, 0.3) is 0 Å². The average molecular weight is 404 g/mol. The number of thiazole rings is 1. The summed E-state index contributed by atoms with van der Waals surface area (Å²) in [6, 6.07) is 8.64. The summed E-state index contributed by atoms with van der Waals surface area (Å²) in [7, 11) is 0. The zero-order valence-corrected chi connectivity index (χ0v) is 16.3. The first-order valence-electron chi connectivity index (χ1n) is 9.42. The number of aliphatic imine (C=N–C) groups is 1. The van der Waals surface area contributed by atoms with Gasteiger partial charge in [-0.3, -0.25) is 4.79 Å². The summed E-state index contributed by atoms with van der Waals surface area (Å²) in [5, 5.41) is 0.758. The molecule has 0 saturated carbocycles. The first-order chi connectivity index (χ1) is 14.2. The fraction of sp³-hybridized carbons (Fsp3) is 0.182. The highest BCUT2D eigenvalue weighted by Crippen LogP contribution is 2.34. The summed E-state index contributed by atoms with van der Waals surface area (Å²) in [6.45, 7) is 0.651. The number of hydrogen-bond donors (Lipinski definition) is 0. The van der Waals surface area contributed by atoms with Crippen LogP contribution in [-0.2, 0) is 6.42 Å². The molecule has 0 atom stereocenters. The number of halogens is 1. The Morgan fingerprint density at radius 3 is 2.93 bits per heavy atom. The molecule has 0 unspecified atom stereocenters. The van der Waals surface area contributed by atoms with Crippen LogP contribution in [0, 0.1) is 5.82 Å². The van der Waals surface area contributed by atoms with E-state index in [-0.39, 0.29) is 11.6 Å². The molecule has 1 aromatic carbocycles. The van der Waals surface area contributed by atoms with Gasteiger partial charge in [0.05, 0.1) is 22.6 Å². The molecule has 5 rings (SSSR count). The number of pyridine rings is 1. The van der Waals surface area contributed by atoms with Gasteiger partial charge in [0.15, 0.2) is 5.78 Å². The van der Waals surface area contributed by atoms with Gasteiger partial charge in [0.1, 0.15) is 10.8 Å². The van der Waals surface area contributed by atoms with Gasteiger partial charge >= 0.3 is 0 Å². The van der Waals surface area contributed by atoms with E-state index in [1.807, 2.05) is 29.2 Å². The number of aryl methyl sites for hydroxylation is 1. The third-order valence-corrected chi connectivity index (χ3v) is 6.08. The van der Waals surface area contributed by atoms with Crippen LogP contribution in [0.4, 0.5) is 10.1 Å². The highest BCUT2D eigenvalue weighted by molar-refractivity contribution is 7.18. The predicted octanol–water partition coefficient (Wildman–Crippen LogP) is 4.89. The van der Waals surface area contributed by atoms with Gasteiger partial charge in [-0.25, -0.2) is 19.4 Å². The lowest BCUT2D eigenvalue weighted by atomic mass is 9.94. The van der Waals surface area contributed by atoms with E-state index < -0.39 is 0 Å². The second-order valence-corrected chi connectivity index (χ2v) is 8.03. The fourth-order valence-electron chi connectivity index (χ4n) is 3.58. The number of fused-ring (bicyclic) bond motifs is 1. The van der Waals surface area contributed by atoms with Crippen molar-refractivity contribution in [1.82, 2.24) is 9.97 Å². The lowest BCUT2D eigenvalue weighted by Gasteiger charge is -2.20. The molecule has 0 radical (unpaired) electrons. The number of benzene rings is 1. The molecule has 29 heavy (non-hydrogen) atoms. The third kappa shape index (κ3) is 3.49. The number of rotatable bonds is 3. The molecule has 7 heteroatoms. The van der Waals surface area contributed by atoms with E-state index in [9.17, 15) is 9.18 Å². The largest absolute Gasteiger partial charge is 0.328 e. The number of aromatic nitrogens is 2. The quantitative estimate of drug-likeness (QED) is 0.624. The SMILES string of the molecule is O=C1CCCc2nc(-c3ncc(-c4cc(F)cc(N5C=NC=CC5)c4)s3)ccc21. The summed E-state index contributed by atoms with van der Waals surface area (Å²) in [6.07, 6.45) is 9.32. The smallest absolute Gasteiger partial charge is 0.164 e. The zero-order chi connectivity index (χ0) is 19.8. The maximum absolute atomic E-state index is 14.3. The zero-order valence-electron chi connectivity index (χ0n) is 15.5. The van der Waals surface area contributed by atoms with Crippen LogP contribution in [0.5, 0.6) is 0 Å². The molecule has 0 fully saturated rings. The molecule has 3 heterocycles. The van der Waals surface area contributed by atoms with Crippen LogP contribution in [0.15, 0.2) is 53.8 Å². The summed E-state index contributed by atoms with van der Waals surface area (Å²) >= 11 is 1.46. The molecule has 144 valence electrons. The Morgan fingerprint density at radius 1 is 1.14 bits per heavy atom. The number of carbonyl (C=O) groups excluding carboxylic acids is 1. The van der Waals surface area contributed by atoms with Crippen LogP contribution in [0.25, 0.3) is 21.1 Å². The summed E-state index contributed by atoms with van der Waals surface area (Å²) in [5.74, 6) is -0.144. The standard InChI is InChI=1S/C22H17FN4OS/c23-15-9-14(10-16(11-15)27-8-2-7-24-13-27)21-12-25-22(29-21)19-6-5-17-18(26-19)3-1-4-20(17)28/h2,5-7,9-13H,1,3-4,8H2. The molecule has 0 amide bonds. The van der Waals surface area contributed by atoms with E-state index in [0.717, 1.165) is 50.9 Å². The van der Waals surface area contributed by atoms with Crippen molar-refractivity contribution in [3.05, 3.63) is 65.9 Å². The molecule has 2 aromatic heterocycles. The number of carbonyl (C=O) groups is 1. The summed E-state index contributed by atoms with van der Waals surface area (Å²) in [5.41, 5.74) is 3.83. The lowest BCUT2D eigenvalue weighted by Crippen LogP contribution is -2.22. The first-order valence-corrected chi connectivity index (χ1v) is 10.2. The molecule has 0 N–H and O–H groups in total. The molecular weight excluding hydrogens is 387 g/mol. The Kier molecular flexibility index (Phi) is 4.52. The Labute approximate surface area is 171 Å². The van der Waals surface area contributed by atoms with Crippen molar-refractivity contribution in [3.8, 4) is 21.1 Å². The molecule has 2 aliphatic rings. The van der Waals surface area contributed by atoms with Crippen LogP contribution in [0.3, 0.4) is 0 Å². The van der Waals surface area contributed by atoms with Gasteiger partial charge in [-0.2, -0.15) is 0 Å². The third-order valence-electron chi connectivity index (χ3n) is 5.02. The highest BCUT2D eigenvalue weighted by Gasteiger charge is 2.20. The van der Waals surface area contributed by atoms with E-state index in [1.165, 1.54) is 23.5 Å². The Bertz CT molecular complexity index is 1170. The maximum atomic E-state index is 14.3. The minimum absolute atomic E-state index is 0.161. The first kappa shape index (κ1) is 17.9. The van der Waals surface area contributed by atoms with Crippen molar-refractivity contribution >= 4 is 29.1 Å². The van der Waals surface area contributed by atoms with Crippen molar-refractivity contribution in [3.63, 3.8) is 0 Å². The Balaban J connectivity index is 1.47. The number of ketones is 1. The van der Waals surface area contributed by atoms with Crippen molar-refractivity contribution in [2.24, 2.45) is 4.99 Å². The van der Waals surface area contributed by atoms with E-state index in [1.54, 1.807) is 18.7 Å². The molecule has 0 bridgehead atoms. The van der Waals surface area contributed by atoms with Crippen molar-refractivity contribution in [2.75, 3.05) is 11.4 Å². The molecule has 0 spiro atoms. The second kappa shape index (κ2) is 7.33. The number of nitrogens with zero attached hydrogens (tertiary/aromatic N) is 4. The lowest BCUT2D eigenvalue weighted by molar-refractivity contribution is 0.0971. The number of Topliss-reactive ketones (excluding diaryl/α,β-unsaturated/α-hetero) is 1. The molecule has 1 aliphatic carbocycles. The van der Waals surface area contributed by atoms with E-state index in [0.29, 0.717) is 13.0 Å². The van der Waals surface area contributed by atoms with Crippen LogP contribution in [0.2, 0.25) is 0 Å². The van der Waals surface area contributed by atoms with E-state index >= 15 is 0 Å². The van der Waals surface area contributed by atoms with Crippen LogP contribution in [-0.4, -0.2) is 28.6 Å². The molecule has 5 nitrogen and oxygen atoms in total. The number of hydrogen-bond acceptors (Lipinski definition) is 6. The van der Waals surface area contributed by atoms with Gasteiger partial charge < -0.3 is 4.90 Å². The average Bonchev–Trinajstić information content (AvgIpc) is 3.24. The maximum Gasteiger partial charge on any atom is 0.164 e. The van der Waals surface area contributed by atoms with E-state index in [4.69, 9.17) is 0 Å². The molecule has 3 aromatic rings. The van der Waals surface area contributed by atoms with Gasteiger partial charge in [-0.1, -0.05) is 0 Å². The summed E-state index contributed by atoms with van der Waals surface area (Å²) < 4.78 is 14.3. The van der Waals surface area contributed by atoms with E-state index in [2.05, 4.69) is 15.0 Å². The molecule has 0 saturated heterocycles. The predicted molar refractivity (Wildman–Crippen MR) is 113 cm³/mol. The Hall–Kier alpha value is -3.19. The minimum Gasteiger partial charge on any atom is -0.328 e. The monoisotopic (exact) mass is 404 g/mol. The van der Waals surface area contributed by atoms with Gasteiger partial charge in [-0.05, 0) is 54.8 Å². The molecular formula is C22H17FN4OS. The van der Waals surface area contributed by atoms with Crippen LogP contribution < -0.4 is 4.90 Å². The van der Waals surface area contributed by atoms with Gasteiger partial charge in [0.2, 0.25) is 0 Å². The minimum atomic E-state index is -0.305. The summed E-state index contributed by atoms with van der Waals surface area (Å²) in [4.78, 5) is 28.0. The topological polar surface area (TPSA) is 58.5 Å². The van der Waals surface area contributed by atoms with Gasteiger partial charge in [0, 0.05) is 36.6 Å². The highest BCUT2D eigenvalue weighted by atomic mass is 32.1. The van der Waals surface area contributed by atoms with Crippen molar-refractivity contribution in [2.45, 2.75) is 19.3 Å².